The molecule has 2 rings (SSSR count). The molecule has 110 valence electrons. The topological polar surface area (TPSA) is 42.8 Å². The minimum absolute atomic E-state index is 0.735. The highest BCUT2D eigenvalue weighted by Gasteiger charge is 2.07. The van der Waals surface area contributed by atoms with Crippen molar-refractivity contribution in [2.24, 2.45) is 5.10 Å². The summed E-state index contributed by atoms with van der Waals surface area (Å²) >= 11 is 6.91. The summed E-state index contributed by atoms with van der Waals surface area (Å²) in [5, 5.41) is 4.22. The lowest BCUT2D eigenvalue weighted by Crippen LogP contribution is -1.95. The lowest BCUT2D eigenvalue weighted by atomic mass is 10.2. The number of hydrogen-bond acceptors (Lipinski definition) is 4. The van der Waals surface area contributed by atoms with Gasteiger partial charge in [0.2, 0.25) is 0 Å². The van der Waals surface area contributed by atoms with E-state index >= 15 is 0 Å². The summed E-state index contributed by atoms with van der Waals surface area (Å²) in [4.78, 5) is 0. The number of benzene rings is 2. The fourth-order valence-electron chi connectivity index (χ4n) is 1.73. The van der Waals surface area contributed by atoms with E-state index in [9.17, 15) is 0 Å². The van der Waals surface area contributed by atoms with Gasteiger partial charge >= 0.3 is 0 Å². The third-order valence-electron chi connectivity index (χ3n) is 2.73. The molecule has 0 spiro atoms. The molecule has 0 heterocycles. The van der Waals surface area contributed by atoms with Crippen molar-refractivity contribution in [3.8, 4) is 11.5 Å². The molecule has 21 heavy (non-hydrogen) atoms. The normalized spacial score (nSPS) is 10.7. The number of hydrogen-bond donors (Lipinski definition) is 1. The first-order valence-electron chi connectivity index (χ1n) is 6.10. The zero-order valence-electron chi connectivity index (χ0n) is 11.6. The number of anilines is 1. The van der Waals surface area contributed by atoms with Gasteiger partial charge in [-0.2, -0.15) is 5.10 Å². The number of nitrogens with zero attached hydrogens (tertiary/aromatic N) is 1. The molecule has 0 atom stereocenters. The Kier molecular flexibility index (Phi) is 5.64. The van der Waals surface area contributed by atoms with Crippen LogP contribution in [0.2, 0.25) is 0 Å². The van der Waals surface area contributed by atoms with Crippen LogP contribution in [-0.4, -0.2) is 20.4 Å². The van der Waals surface area contributed by atoms with Gasteiger partial charge in [-0.1, -0.05) is 15.9 Å². The van der Waals surface area contributed by atoms with E-state index in [1.807, 2.05) is 36.4 Å². The van der Waals surface area contributed by atoms with Gasteiger partial charge in [0.15, 0.2) is 0 Å². The molecule has 0 aliphatic rings. The van der Waals surface area contributed by atoms with Crippen LogP contribution in [0, 0.1) is 0 Å². The Balaban J connectivity index is 2.13. The van der Waals surface area contributed by atoms with Gasteiger partial charge in [0.1, 0.15) is 11.5 Å². The quantitative estimate of drug-likeness (QED) is 0.571. The Hall–Kier alpha value is -1.53. The van der Waals surface area contributed by atoms with Crippen molar-refractivity contribution in [1.82, 2.24) is 0 Å². The van der Waals surface area contributed by atoms with Crippen molar-refractivity contribution in [3.05, 3.63) is 50.9 Å². The second kappa shape index (κ2) is 7.47. The first kappa shape index (κ1) is 15.9. The smallest absolute Gasteiger partial charge is 0.141 e. The second-order valence-corrected chi connectivity index (χ2v) is 5.88. The van der Waals surface area contributed by atoms with E-state index in [-0.39, 0.29) is 0 Å². The van der Waals surface area contributed by atoms with E-state index in [1.54, 1.807) is 20.4 Å². The van der Waals surface area contributed by atoms with Crippen LogP contribution in [0.15, 0.2) is 50.4 Å². The fraction of sp³-hybridized carbons (Fsp3) is 0.133. The maximum atomic E-state index is 5.36. The van der Waals surface area contributed by atoms with Gasteiger partial charge in [-0.3, -0.25) is 5.43 Å². The van der Waals surface area contributed by atoms with Crippen LogP contribution in [0.4, 0.5) is 5.69 Å². The predicted molar refractivity (Wildman–Crippen MR) is 92.6 cm³/mol. The highest BCUT2D eigenvalue weighted by molar-refractivity contribution is 9.11. The van der Waals surface area contributed by atoms with Crippen molar-refractivity contribution < 1.29 is 9.47 Å². The molecule has 0 amide bonds. The molecule has 0 unspecified atom stereocenters. The largest absolute Gasteiger partial charge is 0.497 e. The van der Waals surface area contributed by atoms with Crippen LogP contribution in [0.5, 0.6) is 11.5 Å². The molecule has 2 aromatic rings. The zero-order chi connectivity index (χ0) is 15.2. The van der Waals surface area contributed by atoms with Crippen molar-refractivity contribution in [2.75, 3.05) is 19.6 Å². The molecule has 0 bridgehead atoms. The van der Waals surface area contributed by atoms with E-state index in [2.05, 4.69) is 42.4 Å². The minimum Gasteiger partial charge on any atom is -0.497 e. The van der Waals surface area contributed by atoms with E-state index in [0.717, 1.165) is 31.7 Å². The average Bonchev–Trinajstić information content (AvgIpc) is 2.47. The van der Waals surface area contributed by atoms with Gasteiger partial charge in [-0.05, 0) is 52.3 Å². The Morgan fingerprint density at radius 3 is 2.38 bits per heavy atom. The molecule has 6 heteroatoms. The molecule has 4 nitrogen and oxygen atoms in total. The summed E-state index contributed by atoms with van der Waals surface area (Å²) in [6.45, 7) is 0. The molecular formula is C15H14Br2N2O2. The summed E-state index contributed by atoms with van der Waals surface area (Å²) in [7, 11) is 3.26. The molecule has 1 N–H and O–H groups in total. The van der Waals surface area contributed by atoms with Crippen LogP contribution < -0.4 is 14.9 Å². The summed E-state index contributed by atoms with van der Waals surface area (Å²) in [6, 6.07) is 11.4. The predicted octanol–water partition coefficient (Wildman–Crippen LogP) is 4.67. The molecule has 0 fully saturated rings. The van der Waals surface area contributed by atoms with Gasteiger partial charge in [-0.25, -0.2) is 0 Å². The maximum absolute atomic E-state index is 5.36. The van der Waals surface area contributed by atoms with Crippen molar-refractivity contribution in [2.45, 2.75) is 0 Å². The summed E-state index contributed by atoms with van der Waals surface area (Å²) < 4.78 is 12.3. The highest BCUT2D eigenvalue weighted by Crippen LogP contribution is 2.31. The van der Waals surface area contributed by atoms with Crippen molar-refractivity contribution >= 4 is 43.8 Å². The molecule has 0 aliphatic heterocycles. The Morgan fingerprint density at radius 1 is 1.05 bits per heavy atom. The molecule has 0 saturated carbocycles. The van der Waals surface area contributed by atoms with Crippen molar-refractivity contribution in [3.63, 3.8) is 0 Å². The Morgan fingerprint density at radius 2 is 1.76 bits per heavy atom. The fourth-order valence-corrected chi connectivity index (χ4v) is 3.15. The molecule has 0 radical (unpaired) electrons. The number of hydrazone groups is 1. The van der Waals surface area contributed by atoms with Gasteiger partial charge in [-0.15, -0.1) is 0 Å². The van der Waals surface area contributed by atoms with E-state index in [0.29, 0.717) is 0 Å². The van der Waals surface area contributed by atoms with Gasteiger partial charge in [0, 0.05) is 10.0 Å². The van der Waals surface area contributed by atoms with Crippen molar-refractivity contribution in [1.29, 1.82) is 0 Å². The third kappa shape index (κ3) is 4.22. The molecular weight excluding hydrogens is 400 g/mol. The van der Waals surface area contributed by atoms with Crippen LogP contribution in [0.25, 0.3) is 0 Å². The molecule has 2 aromatic carbocycles. The first-order chi connectivity index (χ1) is 10.1. The Bertz CT molecular complexity index is 643. The minimum atomic E-state index is 0.735. The number of halogens is 2. The average molecular weight is 414 g/mol. The van der Waals surface area contributed by atoms with Crippen LogP contribution >= 0.6 is 31.9 Å². The Labute approximate surface area is 140 Å². The second-order valence-electron chi connectivity index (χ2n) is 4.11. The maximum Gasteiger partial charge on any atom is 0.141 e. The zero-order valence-corrected chi connectivity index (χ0v) is 14.7. The lowest BCUT2D eigenvalue weighted by Gasteiger charge is -2.08. The standard InChI is InChI=1S/C15H14Br2N2O2/c1-20-13-5-3-12(4-6-13)19-18-9-10-7-11(16)8-14(17)15(10)21-2/h3-9,19H,1-2H3/b18-9+. The molecule has 0 saturated heterocycles. The number of ether oxygens (including phenoxy) is 2. The molecule has 0 aliphatic carbocycles. The van der Waals surface area contributed by atoms with E-state index in [4.69, 9.17) is 9.47 Å². The number of methoxy groups -OCH3 is 2. The van der Waals surface area contributed by atoms with Crippen LogP contribution in [0.3, 0.4) is 0 Å². The van der Waals surface area contributed by atoms with Gasteiger partial charge in [0.05, 0.1) is 30.6 Å². The first-order valence-corrected chi connectivity index (χ1v) is 7.69. The SMILES string of the molecule is COc1ccc(N/N=C/c2cc(Br)cc(Br)c2OC)cc1. The monoisotopic (exact) mass is 412 g/mol. The van der Waals surface area contributed by atoms with Crippen LogP contribution in [-0.2, 0) is 0 Å². The van der Waals surface area contributed by atoms with E-state index < -0.39 is 0 Å². The summed E-state index contributed by atoms with van der Waals surface area (Å²) in [5.41, 5.74) is 4.70. The van der Waals surface area contributed by atoms with E-state index in [1.165, 1.54) is 0 Å². The van der Waals surface area contributed by atoms with Crippen LogP contribution in [0.1, 0.15) is 5.56 Å². The van der Waals surface area contributed by atoms with Gasteiger partial charge in [0.25, 0.3) is 0 Å². The summed E-state index contributed by atoms with van der Waals surface area (Å²) in [5.74, 6) is 1.54. The number of nitrogens with one attached hydrogen (secondary N) is 1. The number of rotatable bonds is 5. The molecule has 0 aromatic heterocycles. The lowest BCUT2D eigenvalue weighted by molar-refractivity contribution is 0.411. The summed E-state index contributed by atoms with van der Waals surface area (Å²) in [6.07, 6.45) is 1.71. The van der Waals surface area contributed by atoms with Gasteiger partial charge < -0.3 is 9.47 Å². The highest BCUT2D eigenvalue weighted by atomic mass is 79.9. The third-order valence-corrected chi connectivity index (χ3v) is 3.78.